The topological polar surface area (TPSA) is 64.8 Å². The summed E-state index contributed by atoms with van der Waals surface area (Å²) >= 11 is 0. The molecule has 0 aromatic carbocycles. The van der Waals surface area contributed by atoms with Crippen molar-refractivity contribution in [2.75, 3.05) is 26.8 Å². The van der Waals surface area contributed by atoms with Crippen molar-refractivity contribution in [2.45, 2.75) is 62.6 Å². The van der Waals surface area contributed by atoms with Gasteiger partial charge >= 0.3 is 5.97 Å². The highest BCUT2D eigenvalue weighted by Gasteiger charge is 2.47. The highest BCUT2D eigenvalue weighted by molar-refractivity contribution is 5.81. The molecule has 4 atom stereocenters. The van der Waals surface area contributed by atoms with Gasteiger partial charge in [0.1, 0.15) is 5.54 Å². The van der Waals surface area contributed by atoms with Gasteiger partial charge in [-0.15, -0.1) is 0 Å². The van der Waals surface area contributed by atoms with Gasteiger partial charge in [0.05, 0.1) is 19.8 Å². The zero-order valence-corrected chi connectivity index (χ0v) is 13.1. The number of nitrogens with zero attached hydrogens (tertiary/aromatic N) is 1. The summed E-state index contributed by atoms with van der Waals surface area (Å²) in [7, 11) is 1.44. The SMILES string of the molecule is COC(=O)C1(N)CCCC1CCN1CCOC2CCCC21. The number of carbonyl (C=O) groups excluding carboxylic acids is 1. The van der Waals surface area contributed by atoms with Gasteiger partial charge in [-0.25, -0.2) is 0 Å². The molecule has 1 aliphatic heterocycles. The maximum Gasteiger partial charge on any atom is 0.326 e. The van der Waals surface area contributed by atoms with E-state index in [2.05, 4.69) is 4.90 Å². The largest absolute Gasteiger partial charge is 0.468 e. The van der Waals surface area contributed by atoms with Crippen molar-refractivity contribution in [3.05, 3.63) is 0 Å². The molecular weight excluding hydrogens is 268 g/mol. The van der Waals surface area contributed by atoms with E-state index in [9.17, 15) is 4.79 Å². The maximum atomic E-state index is 12.0. The molecule has 1 heterocycles. The van der Waals surface area contributed by atoms with E-state index >= 15 is 0 Å². The molecule has 2 N–H and O–H groups in total. The van der Waals surface area contributed by atoms with Crippen molar-refractivity contribution in [2.24, 2.45) is 11.7 Å². The normalized spacial score (nSPS) is 40.2. The highest BCUT2D eigenvalue weighted by Crippen LogP contribution is 2.38. The average Bonchev–Trinajstić information content (AvgIpc) is 3.11. The lowest BCUT2D eigenvalue weighted by Crippen LogP contribution is -2.53. The Labute approximate surface area is 127 Å². The number of esters is 1. The van der Waals surface area contributed by atoms with E-state index in [4.69, 9.17) is 15.2 Å². The Hall–Kier alpha value is -0.650. The third-order valence-electron chi connectivity index (χ3n) is 5.80. The molecule has 1 saturated heterocycles. The van der Waals surface area contributed by atoms with Gasteiger partial charge < -0.3 is 15.2 Å². The fraction of sp³-hybridized carbons (Fsp3) is 0.938. The van der Waals surface area contributed by atoms with Crippen molar-refractivity contribution in [1.82, 2.24) is 4.90 Å². The van der Waals surface area contributed by atoms with Crippen LogP contribution in [0.2, 0.25) is 0 Å². The van der Waals surface area contributed by atoms with Gasteiger partial charge in [-0.1, -0.05) is 6.42 Å². The number of morpholine rings is 1. The molecule has 5 heteroatoms. The summed E-state index contributed by atoms with van der Waals surface area (Å²) < 4.78 is 10.8. The molecule has 2 saturated carbocycles. The second-order valence-corrected chi connectivity index (χ2v) is 6.85. The van der Waals surface area contributed by atoms with E-state index in [-0.39, 0.29) is 11.9 Å². The summed E-state index contributed by atoms with van der Waals surface area (Å²) in [5, 5.41) is 0. The van der Waals surface area contributed by atoms with Crippen LogP contribution in [0.3, 0.4) is 0 Å². The second kappa shape index (κ2) is 6.23. The van der Waals surface area contributed by atoms with Gasteiger partial charge in [0.2, 0.25) is 0 Å². The van der Waals surface area contributed by atoms with Gasteiger partial charge in [0.15, 0.2) is 0 Å². The van der Waals surface area contributed by atoms with Crippen molar-refractivity contribution >= 4 is 5.97 Å². The lowest BCUT2D eigenvalue weighted by Gasteiger charge is -2.39. The molecule has 0 spiro atoms. The molecule has 4 unspecified atom stereocenters. The number of fused-ring (bicyclic) bond motifs is 1. The smallest absolute Gasteiger partial charge is 0.326 e. The molecule has 5 nitrogen and oxygen atoms in total. The van der Waals surface area contributed by atoms with Crippen LogP contribution in [-0.4, -0.2) is 55.4 Å². The molecule has 0 bridgehead atoms. The first-order valence-electron chi connectivity index (χ1n) is 8.38. The molecule has 3 rings (SSSR count). The summed E-state index contributed by atoms with van der Waals surface area (Å²) in [5.41, 5.74) is 5.61. The van der Waals surface area contributed by atoms with Gasteiger partial charge in [0.25, 0.3) is 0 Å². The lowest BCUT2D eigenvalue weighted by molar-refractivity contribution is -0.148. The molecule has 0 aromatic rings. The fourth-order valence-corrected chi connectivity index (χ4v) is 4.57. The van der Waals surface area contributed by atoms with E-state index in [1.807, 2.05) is 0 Å². The van der Waals surface area contributed by atoms with E-state index < -0.39 is 5.54 Å². The first-order valence-corrected chi connectivity index (χ1v) is 8.38. The number of hydrogen-bond donors (Lipinski definition) is 1. The summed E-state index contributed by atoms with van der Waals surface area (Å²) in [5.74, 6) is 0.0263. The van der Waals surface area contributed by atoms with Crippen LogP contribution in [0.5, 0.6) is 0 Å². The van der Waals surface area contributed by atoms with Crippen LogP contribution in [-0.2, 0) is 14.3 Å². The van der Waals surface area contributed by atoms with Crippen LogP contribution in [0, 0.1) is 5.92 Å². The first-order chi connectivity index (χ1) is 10.1. The molecule has 0 amide bonds. The summed E-state index contributed by atoms with van der Waals surface area (Å²) in [4.78, 5) is 14.6. The van der Waals surface area contributed by atoms with Crippen molar-refractivity contribution in [1.29, 1.82) is 0 Å². The number of ether oxygens (including phenoxy) is 2. The summed E-state index contributed by atoms with van der Waals surface area (Å²) in [6.45, 7) is 2.89. The minimum absolute atomic E-state index is 0.231. The van der Waals surface area contributed by atoms with Gasteiger partial charge in [-0.05, 0) is 51.0 Å². The molecule has 3 fully saturated rings. The van der Waals surface area contributed by atoms with Crippen LogP contribution in [0.1, 0.15) is 44.9 Å². The van der Waals surface area contributed by atoms with Gasteiger partial charge in [-0.2, -0.15) is 0 Å². The standard InChI is InChI=1S/C16H28N2O3/c1-20-15(19)16(17)8-3-4-12(16)7-9-18-10-11-21-14-6-2-5-13(14)18/h12-14H,2-11,17H2,1H3. The average molecular weight is 296 g/mol. The molecule has 2 aliphatic carbocycles. The maximum absolute atomic E-state index is 12.0. The summed E-state index contributed by atoms with van der Waals surface area (Å²) in [6, 6.07) is 0.588. The van der Waals surface area contributed by atoms with Crippen LogP contribution < -0.4 is 5.73 Å². The Morgan fingerprint density at radius 2 is 2.24 bits per heavy atom. The number of hydrogen-bond acceptors (Lipinski definition) is 5. The van der Waals surface area contributed by atoms with Crippen molar-refractivity contribution in [3.8, 4) is 0 Å². The quantitative estimate of drug-likeness (QED) is 0.792. The first kappa shape index (κ1) is 15.3. The van der Waals surface area contributed by atoms with E-state index in [1.54, 1.807) is 0 Å². The van der Waals surface area contributed by atoms with Crippen molar-refractivity contribution in [3.63, 3.8) is 0 Å². The molecule has 21 heavy (non-hydrogen) atoms. The monoisotopic (exact) mass is 296 g/mol. The Morgan fingerprint density at radius 3 is 3.05 bits per heavy atom. The minimum atomic E-state index is -0.754. The predicted molar refractivity (Wildman–Crippen MR) is 79.8 cm³/mol. The Morgan fingerprint density at radius 1 is 1.38 bits per heavy atom. The van der Waals surface area contributed by atoms with E-state index in [0.29, 0.717) is 12.1 Å². The molecule has 0 radical (unpaired) electrons. The fourth-order valence-electron chi connectivity index (χ4n) is 4.57. The van der Waals surface area contributed by atoms with Crippen LogP contribution in [0.4, 0.5) is 0 Å². The highest BCUT2D eigenvalue weighted by atomic mass is 16.5. The third kappa shape index (κ3) is 2.83. The number of methoxy groups -OCH3 is 1. The Balaban J connectivity index is 1.58. The number of rotatable bonds is 4. The molecule has 120 valence electrons. The zero-order chi connectivity index (χ0) is 14.9. The van der Waals surface area contributed by atoms with Gasteiger partial charge in [0, 0.05) is 12.6 Å². The summed E-state index contributed by atoms with van der Waals surface area (Å²) in [6.07, 6.45) is 8.00. The van der Waals surface area contributed by atoms with Crippen molar-refractivity contribution < 1.29 is 14.3 Å². The van der Waals surface area contributed by atoms with Gasteiger partial charge in [-0.3, -0.25) is 9.69 Å². The molecular formula is C16H28N2O3. The Kier molecular flexibility index (Phi) is 4.52. The van der Waals surface area contributed by atoms with E-state index in [0.717, 1.165) is 45.4 Å². The van der Waals surface area contributed by atoms with Crippen LogP contribution in [0.25, 0.3) is 0 Å². The third-order valence-corrected chi connectivity index (χ3v) is 5.80. The zero-order valence-electron chi connectivity index (χ0n) is 13.1. The second-order valence-electron chi connectivity index (χ2n) is 6.85. The molecule has 0 aromatic heterocycles. The number of nitrogens with two attached hydrogens (primary N) is 1. The number of carbonyl (C=O) groups is 1. The Bertz CT molecular complexity index is 390. The van der Waals surface area contributed by atoms with Crippen LogP contribution >= 0.6 is 0 Å². The lowest BCUT2D eigenvalue weighted by atomic mass is 9.85. The van der Waals surface area contributed by atoms with E-state index in [1.165, 1.54) is 26.4 Å². The molecule has 3 aliphatic rings. The predicted octanol–water partition coefficient (Wildman–Crippen LogP) is 1.30. The minimum Gasteiger partial charge on any atom is -0.468 e. The van der Waals surface area contributed by atoms with Crippen LogP contribution in [0.15, 0.2) is 0 Å².